The summed E-state index contributed by atoms with van der Waals surface area (Å²) >= 11 is 0. The molecule has 0 bridgehead atoms. The molecule has 5 N–H and O–H groups in total. The van der Waals surface area contributed by atoms with Crippen LogP contribution >= 0.6 is 0 Å². The summed E-state index contributed by atoms with van der Waals surface area (Å²) in [7, 11) is 1.65. The predicted molar refractivity (Wildman–Crippen MR) is 69.0 cm³/mol. The minimum absolute atomic E-state index is 0.283. The van der Waals surface area contributed by atoms with Crippen molar-refractivity contribution in [3.63, 3.8) is 0 Å². The molecule has 0 aliphatic rings. The number of primary amides is 1. The summed E-state index contributed by atoms with van der Waals surface area (Å²) in [5, 5.41) is 3.17. The lowest BCUT2D eigenvalue weighted by Crippen LogP contribution is -2.32. The molecule has 0 heterocycles. The van der Waals surface area contributed by atoms with E-state index in [1.165, 1.54) is 0 Å². The van der Waals surface area contributed by atoms with E-state index < -0.39 is 5.91 Å². The molecule has 5 nitrogen and oxygen atoms in total. The third-order valence-electron chi connectivity index (χ3n) is 2.59. The van der Waals surface area contributed by atoms with Crippen molar-refractivity contribution in [2.75, 3.05) is 24.7 Å². The van der Waals surface area contributed by atoms with Crippen molar-refractivity contribution in [3.8, 4) is 0 Å². The number of ether oxygens (including phenoxy) is 1. The van der Waals surface area contributed by atoms with Gasteiger partial charge >= 0.3 is 0 Å². The Labute approximate surface area is 101 Å². The van der Waals surface area contributed by atoms with Crippen LogP contribution in [0.5, 0.6) is 0 Å². The van der Waals surface area contributed by atoms with Crippen LogP contribution in [0.1, 0.15) is 24.2 Å². The van der Waals surface area contributed by atoms with Crippen molar-refractivity contribution < 1.29 is 9.53 Å². The van der Waals surface area contributed by atoms with Gasteiger partial charge in [-0.2, -0.15) is 0 Å². The number of nitrogens with one attached hydrogen (secondary N) is 1. The first-order valence-electron chi connectivity index (χ1n) is 5.34. The van der Waals surface area contributed by atoms with E-state index in [0.29, 0.717) is 17.8 Å². The fraction of sp³-hybridized carbons (Fsp3) is 0.417. The Balaban J connectivity index is 2.80. The fourth-order valence-electron chi connectivity index (χ4n) is 1.27. The van der Waals surface area contributed by atoms with E-state index in [1.54, 1.807) is 25.3 Å². The number of anilines is 2. The number of amides is 1. The van der Waals surface area contributed by atoms with E-state index in [9.17, 15) is 4.79 Å². The quantitative estimate of drug-likeness (QED) is 0.671. The smallest absolute Gasteiger partial charge is 0.250 e. The van der Waals surface area contributed by atoms with Crippen LogP contribution in [-0.4, -0.2) is 25.2 Å². The van der Waals surface area contributed by atoms with Crippen LogP contribution in [0.15, 0.2) is 18.2 Å². The summed E-state index contributed by atoms with van der Waals surface area (Å²) < 4.78 is 5.28. The molecule has 1 aromatic rings. The van der Waals surface area contributed by atoms with Crippen molar-refractivity contribution in [1.29, 1.82) is 0 Å². The third-order valence-corrected chi connectivity index (χ3v) is 2.59. The average Bonchev–Trinajstić information content (AvgIpc) is 2.27. The number of benzene rings is 1. The Bertz CT molecular complexity index is 416. The first-order valence-corrected chi connectivity index (χ1v) is 5.34. The van der Waals surface area contributed by atoms with E-state index in [1.807, 2.05) is 13.8 Å². The van der Waals surface area contributed by atoms with Crippen LogP contribution in [0.3, 0.4) is 0 Å². The molecule has 94 valence electrons. The van der Waals surface area contributed by atoms with Gasteiger partial charge in [0.1, 0.15) is 0 Å². The van der Waals surface area contributed by atoms with Crippen molar-refractivity contribution >= 4 is 17.3 Å². The second-order valence-corrected chi connectivity index (χ2v) is 4.48. The minimum atomic E-state index is -0.530. The van der Waals surface area contributed by atoms with Gasteiger partial charge in [-0.3, -0.25) is 4.79 Å². The van der Waals surface area contributed by atoms with E-state index in [-0.39, 0.29) is 5.60 Å². The van der Waals surface area contributed by atoms with Crippen LogP contribution < -0.4 is 16.8 Å². The van der Waals surface area contributed by atoms with E-state index in [2.05, 4.69) is 5.32 Å². The molecule has 0 aromatic heterocycles. The largest absolute Gasteiger partial charge is 0.398 e. The van der Waals surface area contributed by atoms with Crippen molar-refractivity contribution in [3.05, 3.63) is 23.8 Å². The summed E-state index contributed by atoms with van der Waals surface area (Å²) in [6, 6.07) is 5.10. The maximum Gasteiger partial charge on any atom is 0.250 e. The molecule has 1 amide bonds. The molecule has 5 heteroatoms. The molecule has 0 unspecified atom stereocenters. The molecule has 0 saturated carbocycles. The van der Waals surface area contributed by atoms with Crippen molar-refractivity contribution in [2.45, 2.75) is 19.4 Å². The minimum Gasteiger partial charge on any atom is -0.398 e. The Morgan fingerprint density at radius 1 is 1.47 bits per heavy atom. The first-order chi connectivity index (χ1) is 7.85. The lowest BCUT2D eigenvalue weighted by Gasteiger charge is -2.24. The Kier molecular flexibility index (Phi) is 3.96. The zero-order chi connectivity index (χ0) is 13.1. The van der Waals surface area contributed by atoms with Crippen LogP contribution in [0.25, 0.3) is 0 Å². The lowest BCUT2D eigenvalue weighted by atomic mass is 10.1. The van der Waals surface area contributed by atoms with Gasteiger partial charge in [0.25, 0.3) is 5.91 Å². The van der Waals surface area contributed by atoms with Gasteiger partial charge in [-0.15, -0.1) is 0 Å². The summed E-state index contributed by atoms with van der Waals surface area (Å²) in [6.45, 7) is 4.55. The molecular formula is C12H19N3O2. The number of hydrogen-bond donors (Lipinski definition) is 3. The first kappa shape index (κ1) is 13.3. The SMILES string of the molecule is COC(C)(C)CNc1ccc(N)c(C(N)=O)c1. The number of methoxy groups -OCH3 is 1. The Hall–Kier alpha value is -1.75. The molecule has 0 radical (unpaired) electrons. The highest BCUT2D eigenvalue weighted by atomic mass is 16.5. The Morgan fingerprint density at radius 3 is 2.65 bits per heavy atom. The van der Waals surface area contributed by atoms with Gasteiger partial charge in [-0.25, -0.2) is 0 Å². The zero-order valence-electron chi connectivity index (χ0n) is 10.4. The van der Waals surface area contributed by atoms with Crippen LogP contribution in [-0.2, 0) is 4.74 Å². The molecule has 1 aromatic carbocycles. The van der Waals surface area contributed by atoms with E-state index in [4.69, 9.17) is 16.2 Å². The number of nitrogens with two attached hydrogens (primary N) is 2. The predicted octanol–water partition coefficient (Wildman–Crippen LogP) is 1.20. The molecule has 0 spiro atoms. The number of hydrogen-bond acceptors (Lipinski definition) is 4. The van der Waals surface area contributed by atoms with Crippen LogP contribution in [0, 0.1) is 0 Å². The highest BCUT2D eigenvalue weighted by molar-refractivity contribution is 5.98. The van der Waals surface area contributed by atoms with Gasteiger partial charge in [0.2, 0.25) is 0 Å². The fourth-order valence-corrected chi connectivity index (χ4v) is 1.27. The normalized spacial score (nSPS) is 11.2. The topological polar surface area (TPSA) is 90.4 Å². The molecular weight excluding hydrogens is 218 g/mol. The van der Waals surface area contributed by atoms with Gasteiger partial charge < -0.3 is 21.5 Å². The van der Waals surface area contributed by atoms with E-state index >= 15 is 0 Å². The number of nitrogen functional groups attached to an aromatic ring is 1. The van der Waals surface area contributed by atoms with Crippen molar-refractivity contribution in [1.82, 2.24) is 0 Å². The second kappa shape index (κ2) is 5.05. The molecule has 1 rings (SSSR count). The van der Waals surface area contributed by atoms with Crippen LogP contribution in [0.2, 0.25) is 0 Å². The summed E-state index contributed by atoms with van der Waals surface area (Å²) in [5.41, 5.74) is 12.1. The van der Waals surface area contributed by atoms with E-state index in [0.717, 1.165) is 5.69 Å². The lowest BCUT2D eigenvalue weighted by molar-refractivity contribution is 0.0344. The van der Waals surface area contributed by atoms with Crippen LogP contribution in [0.4, 0.5) is 11.4 Å². The standard InChI is InChI=1S/C12H19N3O2/c1-12(2,17-3)7-15-8-4-5-10(13)9(6-8)11(14)16/h4-6,15H,7,13H2,1-3H3,(H2,14,16). The number of rotatable bonds is 5. The van der Waals surface area contributed by atoms with Crippen molar-refractivity contribution in [2.24, 2.45) is 5.73 Å². The maximum atomic E-state index is 11.1. The third kappa shape index (κ3) is 3.64. The number of carbonyl (C=O) groups excluding carboxylic acids is 1. The zero-order valence-corrected chi connectivity index (χ0v) is 10.4. The summed E-state index contributed by atoms with van der Waals surface area (Å²) in [6.07, 6.45) is 0. The molecule has 17 heavy (non-hydrogen) atoms. The highest BCUT2D eigenvalue weighted by Crippen LogP contribution is 2.18. The van der Waals surface area contributed by atoms with Gasteiger partial charge in [0, 0.05) is 25.0 Å². The van der Waals surface area contributed by atoms with Gasteiger partial charge in [-0.1, -0.05) is 0 Å². The molecule has 0 aliphatic carbocycles. The number of carbonyl (C=O) groups is 1. The molecule has 0 saturated heterocycles. The molecule has 0 aliphatic heterocycles. The van der Waals surface area contributed by atoms with Gasteiger partial charge in [0.05, 0.1) is 11.2 Å². The van der Waals surface area contributed by atoms with Gasteiger partial charge in [0.15, 0.2) is 0 Å². The summed E-state index contributed by atoms with van der Waals surface area (Å²) in [4.78, 5) is 11.1. The molecule has 0 fully saturated rings. The average molecular weight is 237 g/mol. The van der Waals surface area contributed by atoms with Gasteiger partial charge in [-0.05, 0) is 32.0 Å². The maximum absolute atomic E-state index is 11.1. The Morgan fingerprint density at radius 2 is 2.12 bits per heavy atom. The molecule has 0 atom stereocenters. The monoisotopic (exact) mass is 237 g/mol. The highest BCUT2D eigenvalue weighted by Gasteiger charge is 2.16. The second-order valence-electron chi connectivity index (χ2n) is 4.48. The summed E-state index contributed by atoms with van der Waals surface area (Å²) in [5.74, 6) is -0.530.